The number of carbonyl (C=O) groups excluding carboxylic acids is 3. The van der Waals surface area contributed by atoms with Crippen LogP contribution in [-0.2, 0) is 27.1 Å². The van der Waals surface area contributed by atoms with Gasteiger partial charge >= 0.3 is 11.9 Å². The third-order valence-corrected chi connectivity index (χ3v) is 8.09. The molecule has 0 spiro atoms. The van der Waals surface area contributed by atoms with Gasteiger partial charge in [0, 0.05) is 20.0 Å². The number of carbonyl (C=O) groups is 3. The molecule has 1 aromatic carbocycles. The third-order valence-electron chi connectivity index (χ3n) is 5.02. The number of anilines is 1. The molecular formula is C22H19Cl2NO5S2. The summed E-state index contributed by atoms with van der Waals surface area (Å²) in [5, 5.41) is 4.65. The van der Waals surface area contributed by atoms with Crippen LogP contribution in [0, 0.1) is 0 Å². The van der Waals surface area contributed by atoms with Crippen molar-refractivity contribution in [3.63, 3.8) is 0 Å². The largest absolute Gasteiger partial charge is 0.462 e. The first-order valence-electron chi connectivity index (χ1n) is 10.0. The number of rotatable bonds is 6. The molecule has 4 rings (SSSR count). The van der Waals surface area contributed by atoms with Crippen molar-refractivity contribution in [1.82, 2.24) is 0 Å². The fourth-order valence-electron chi connectivity index (χ4n) is 3.60. The van der Waals surface area contributed by atoms with Gasteiger partial charge in [0.05, 0.1) is 17.2 Å². The van der Waals surface area contributed by atoms with Crippen LogP contribution in [0.15, 0.2) is 18.2 Å². The zero-order valence-electron chi connectivity index (χ0n) is 17.1. The average Bonchev–Trinajstić information content (AvgIpc) is 3.29. The van der Waals surface area contributed by atoms with Crippen LogP contribution in [0.1, 0.15) is 50.2 Å². The van der Waals surface area contributed by atoms with E-state index in [1.165, 1.54) is 11.3 Å². The van der Waals surface area contributed by atoms with E-state index in [0.717, 1.165) is 52.2 Å². The van der Waals surface area contributed by atoms with Crippen LogP contribution in [-0.4, -0.2) is 31.1 Å². The lowest BCUT2D eigenvalue weighted by Gasteiger charge is -2.12. The summed E-state index contributed by atoms with van der Waals surface area (Å²) >= 11 is 14.8. The Morgan fingerprint density at radius 1 is 1.06 bits per heavy atom. The van der Waals surface area contributed by atoms with E-state index < -0.39 is 24.5 Å². The molecule has 0 atom stereocenters. The minimum Gasteiger partial charge on any atom is -0.462 e. The summed E-state index contributed by atoms with van der Waals surface area (Å²) in [5.41, 5.74) is 1.36. The van der Waals surface area contributed by atoms with E-state index in [1.54, 1.807) is 25.1 Å². The zero-order valence-corrected chi connectivity index (χ0v) is 20.2. The number of nitrogens with one attached hydrogen (secondary N) is 1. The number of aryl methyl sites for hydroxylation is 1. The van der Waals surface area contributed by atoms with E-state index in [4.69, 9.17) is 32.7 Å². The lowest BCUT2D eigenvalue weighted by Crippen LogP contribution is -2.21. The summed E-state index contributed by atoms with van der Waals surface area (Å²) in [7, 11) is 0. The minimum absolute atomic E-state index is 0.204. The van der Waals surface area contributed by atoms with Crippen LogP contribution in [0.5, 0.6) is 0 Å². The van der Waals surface area contributed by atoms with E-state index in [0.29, 0.717) is 21.0 Å². The van der Waals surface area contributed by atoms with Crippen molar-refractivity contribution < 1.29 is 23.9 Å². The Morgan fingerprint density at radius 3 is 2.62 bits per heavy atom. The molecule has 0 fully saturated rings. The maximum absolute atomic E-state index is 12.5. The molecule has 168 valence electrons. The van der Waals surface area contributed by atoms with Crippen molar-refractivity contribution in [2.24, 2.45) is 0 Å². The zero-order chi connectivity index (χ0) is 22.8. The van der Waals surface area contributed by atoms with Gasteiger partial charge in [-0.05, 0) is 50.3 Å². The molecule has 1 N–H and O–H groups in total. The Kier molecular flexibility index (Phi) is 7.05. The van der Waals surface area contributed by atoms with Gasteiger partial charge in [0.15, 0.2) is 6.61 Å². The van der Waals surface area contributed by atoms with Crippen LogP contribution in [0.2, 0.25) is 10.0 Å². The van der Waals surface area contributed by atoms with Crippen LogP contribution < -0.4 is 5.32 Å². The smallest absolute Gasteiger partial charge is 0.350 e. The Balaban J connectivity index is 1.46. The summed E-state index contributed by atoms with van der Waals surface area (Å²) in [5.74, 6) is -1.68. The fourth-order valence-corrected chi connectivity index (χ4v) is 6.57. The van der Waals surface area contributed by atoms with Gasteiger partial charge in [-0.2, -0.15) is 0 Å². The highest BCUT2D eigenvalue weighted by Gasteiger charge is 2.27. The molecule has 0 unspecified atom stereocenters. The molecule has 0 aliphatic heterocycles. The molecule has 0 bridgehead atoms. The Morgan fingerprint density at radius 2 is 1.84 bits per heavy atom. The number of fused-ring (bicyclic) bond motifs is 2. The highest BCUT2D eigenvalue weighted by atomic mass is 35.5. The number of hydrogen-bond donors (Lipinski definition) is 1. The molecule has 2 heterocycles. The predicted molar refractivity (Wildman–Crippen MR) is 128 cm³/mol. The van der Waals surface area contributed by atoms with Crippen molar-refractivity contribution in [3.05, 3.63) is 49.1 Å². The normalized spacial score (nSPS) is 13.0. The van der Waals surface area contributed by atoms with Crippen molar-refractivity contribution in [2.75, 3.05) is 18.5 Å². The van der Waals surface area contributed by atoms with Crippen molar-refractivity contribution in [2.45, 2.75) is 32.6 Å². The van der Waals surface area contributed by atoms with E-state index in [1.807, 2.05) is 0 Å². The van der Waals surface area contributed by atoms with E-state index >= 15 is 0 Å². The summed E-state index contributed by atoms with van der Waals surface area (Å²) in [4.78, 5) is 38.8. The molecule has 10 heteroatoms. The molecule has 0 radical (unpaired) electrons. The van der Waals surface area contributed by atoms with Gasteiger partial charge in [0.1, 0.15) is 9.88 Å². The van der Waals surface area contributed by atoms with E-state index in [2.05, 4.69) is 5.32 Å². The second-order valence-electron chi connectivity index (χ2n) is 7.15. The molecular weight excluding hydrogens is 493 g/mol. The summed E-state index contributed by atoms with van der Waals surface area (Å²) in [6, 6.07) is 5.13. The fraction of sp³-hybridized carbons (Fsp3) is 0.318. The molecule has 32 heavy (non-hydrogen) atoms. The molecule has 1 amide bonds. The maximum Gasteiger partial charge on any atom is 0.350 e. The summed E-state index contributed by atoms with van der Waals surface area (Å²) in [6.45, 7) is 1.48. The summed E-state index contributed by atoms with van der Waals surface area (Å²) in [6.07, 6.45) is 3.68. The summed E-state index contributed by atoms with van der Waals surface area (Å²) < 4.78 is 11.1. The van der Waals surface area contributed by atoms with Gasteiger partial charge in [0.25, 0.3) is 5.91 Å². The first-order valence-corrected chi connectivity index (χ1v) is 12.4. The van der Waals surface area contributed by atoms with Gasteiger partial charge < -0.3 is 14.8 Å². The molecule has 3 aromatic rings. The SMILES string of the molecule is CCOC(=O)c1c(NC(=O)COC(=O)c2sc3cc(Cl)ccc3c2Cl)sc2c1CCCC2. The van der Waals surface area contributed by atoms with Gasteiger partial charge in [-0.1, -0.05) is 29.3 Å². The first kappa shape index (κ1) is 23.0. The average molecular weight is 512 g/mol. The van der Waals surface area contributed by atoms with Gasteiger partial charge in [0.2, 0.25) is 0 Å². The quantitative estimate of drug-likeness (QED) is 0.403. The maximum atomic E-state index is 12.5. The van der Waals surface area contributed by atoms with Crippen LogP contribution in [0.25, 0.3) is 10.1 Å². The lowest BCUT2D eigenvalue weighted by molar-refractivity contribution is -0.119. The highest BCUT2D eigenvalue weighted by molar-refractivity contribution is 7.21. The Hall–Kier alpha value is -2.13. The number of halogens is 2. The first-order chi connectivity index (χ1) is 15.4. The van der Waals surface area contributed by atoms with Crippen LogP contribution in [0.4, 0.5) is 5.00 Å². The van der Waals surface area contributed by atoms with Gasteiger partial charge in [-0.3, -0.25) is 4.79 Å². The molecule has 0 saturated heterocycles. The number of thiophene rings is 2. The van der Waals surface area contributed by atoms with E-state index in [-0.39, 0.29) is 16.5 Å². The topological polar surface area (TPSA) is 81.7 Å². The van der Waals surface area contributed by atoms with Crippen LogP contribution >= 0.6 is 45.9 Å². The van der Waals surface area contributed by atoms with Gasteiger partial charge in [-0.25, -0.2) is 9.59 Å². The Bertz CT molecular complexity index is 1220. The molecule has 6 nitrogen and oxygen atoms in total. The third kappa shape index (κ3) is 4.64. The lowest BCUT2D eigenvalue weighted by atomic mass is 9.95. The number of benzene rings is 1. The second kappa shape index (κ2) is 9.79. The van der Waals surface area contributed by atoms with Crippen molar-refractivity contribution in [1.29, 1.82) is 0 Å². The number of esters is 2. The highest BCUT2D eigenvalue weighted by Crippen LogP contribution is 2.39. The predicted octanol–water partition coefficient (Wildman–Crippen LogP) is 6.12. The number of ether oxygens (including phenoxy) is 2. The number of hydrogen-bond acceptors (Lipinski definition) is 7. The monoisotopic (exact) mass is 511 g/mol. The van der Waals surface area contributed by atoms with E-state index in [9.17, 15) is 14.4 Å². The number of amides is 1. The van der Waals surface area contributed by atoms with Crippen LogP contribution in [0.3, 0.4) is 0 Å². The second-order valence-corrected chi connectivity index (χ2v) is 10.1. The standard InChI is InChI=1S/C22H19Cl2NO5S2/c1-2-29-21(27)17-12-5-3-4-6-14(12)32-20(17)25-16(26)10-30-22(28)19-18(24)13-8-7-11(23)9-15(13)31-19/h7-9H,2-6,10H2,1H3,(H,25,26). The minimum atomic E-state index is -0.696. The van der Waals surface area contributed by atoms with Crippen molar-refractivity contribution >= 4 is 78.8 Å². The molecule has 1 aliphatic rings. The Labute approximate surface area is 202 Å². The molecule has 0 saturated carbocycles. The molecule has 2 aromatic heterocycles. The molecule has 1 aliphatic carbocycles. The van der Waals surface area contributed by atoms with Crippen molar-refractivity contribution in [3.8, 4) is 0 Å². The van der Waals surface area contributed by atoms with Gasteiger partial charge in [-0.15, -0.1) is 22.7 Å².